The second-order valence-electron chi connectivity index (χ2n) is 4.55. The molecule has 2 aromatic carbocycles. The highest BCUT2D eigenvalue weighted by molar-refractivity contribution is 7.91. The fraction of sp³-hybridized carbons (Fsp3) is 0.133. The molecule has 0 heterocycles. The Morgan fingerprint density at radius 2 is 1.73 bits per heavy atom. The highest BCUT2D eigenvalue weighted by Gasteiger charge is 2.17. The van der Waals surface area contributed by atoms with Crippen molar-refractivity contribution < 1.29 is 17.6 Å². The number of amides is 1. The van der Waals surface area contributed by atoms with Gasteiger partial charge >= 0.3 is 0 Å². The van der Waals surface area contributed by atoms with E-state index in [1.165, 1.54) is 42.5 Å². The molecular weight excluding hydrogens is 329 g/mol. The Kier molecular flexibility index (Phi) is 5.15. The lowest BCUT2D eigenvalue weighted by molar-refractivity contribution is -0.115. The molecule has 4 nitrogen and oxygen atoms in total. The monoisotopic (exact) mass is 341 g/mol. The van der Waals surface area contributed by atoms with Gasteiger partial charge in [-0.05, 0) is 36.4 Å². The van der Waals surface area contributed by atoms with Crippen LogP contribution in [0.15, 0.2) is 53.4 Å². The van der Waals surface area contributed by atoms with Gasteiger partial charge in [0.15, 0.2) is 9.84 Å². The first-order valence-electron chi connectivity index (χ1n) is 6.41. The molecule has 2 rings (SSSR count). The first-order chi connectivity index (χ1) is 10.4. The van der Waals surface area contributed by atoms with E-state index >= 15 is 0 Å². The SMILES string of the molecule is O=C(CCS(=O)(=O)c1ccc(Cl)cc1)Nc1ccccc1F. The minimum absolute atomic E-state index is 0.0244. The minimum atomic E-state index is -3.59. The van der Waals surface area contributed by atoms with Crippen LogP contribution in [-0.4, -0.2) is 20.1 Å². The van der Waals surface area contributed by atoms with Crippen molar-refractivity contribution in [1.29, 1.82) is 0 Å². The zero-order valence-electron chi connectivity index (χ0n) is 11.4. The standard InChI is InChI=1S/C15H13ClFNO3S/c16-11-5-7-12(8-6-11)22(20,21)10-9-15(19)18-14-4-2-1-3-13(14)17/h1-8H,9-10H2,(H,18,19). The molecule has 0 saturated carbocycles. The number of hydrogen-bond donors (Lipinski definition) is 1. The molecule has 0 aliphatic heterocycles. The number of rotatable bonds is 5. The summed E-state index contributed by atoms with van der Waals surface area (Å²) < 4.78 is 37.5. The van der Waals surface area contributed by atoms with Gasteiger partial charge in [0, 0.05) is 11.4 Å². The average Bonchev–Trinajstić information content (AvgIpc) is 2.48. The van der Waals surface area contributed by atoms with Crippen LogP contribution < -0.4 is 5.32 Å². The molecule has 0 aliphatic carbocycles. The van der Waals surface area contributed by atoms with E-state index in [0.717, 1.165) is 0 Å². The van der Waals surface area contributed by atoms with E-state index in [-0.39, 0.29) is 22.8 Å². The van der Waals surface area contributed by atoms with Crippen LogP contribution in [0.5, 0.6) is 0 Å². The maximum atomic E-state index is 13.4. The predicted molar refractivity (Wildman–Crippen MR) is 83.2 cm³/mol. The number of halogens is 2. The van der Waals surface area contributed by atoms with E-state index < -0.39 is 21.6 Å². The second-order valence-corrected chi connectivity index (χ2v) is 7.10. The van der Waals surface area contributed by atoms with E-state index in [1.54, 1.807) is 6.07 Å². The predicted octanol–water partition coefficient (Wildman–Crippen LogP) is 3.28. The number of nitrogens with one attached hydrogen (secondary N) is 1. The van der Waals surface area contributed by atoms with Crippen molar-refractivity contribution in [3.63, 3.8) is 0 Å². The topological polar surface area (TPSA) is 63.2 Å². The number of benzene rings is 2. The number of carbonyl (C=O) groups is 1. The maximum Gasteiger partial charge on any atom is 0.225 e. The largest absolute Gasteiger partial charge is 0.324 e. The molecule has 7 heteroatoms. The number of carbonyl (C=O) groups excluding carboxylic acids is 1. The first kappa shape index (κ1) is 16.5. The summed E-state index contributed by atoms with van der Waals surface area (Å²) >= 11 is 5.70. The van der Waals surface area contributed by atoms with Crippen molar-refractivity contribution in [2.75, 3.05) is 11.1 Å². The Labute approximate surface area is 132 Å². The second kappa shape index (κ2) is 6.89. The van der Waals surface area contributed by atoms with Crippen molar-refractivity contribution >= 4 is 33.0 Å². The molecule has 22 heavy (non-hydrogen) atoms. The summed E-state index contributed by atoms with van der Waals surface area (Å²) in [6.07, 6.45) is -0.265. The maximum absolute atomic E-state index is 13.4. The molecule has 0 spiro atoms. The molecule has 0 radical (unpaired) electrons. The van der Waals surface area contributed by atoms with Gasteiger partial charge in [-0.1, -0.05) is 23.7 Å². The number of anilines is 1. The van der Waals surface area contributed by atoms with E-state index in [4.69, 9.17) is 11.6 Å². The van der Waals surface area contributed by atoms with E-state index in [2.05, 4.69) is 5.32 Å². The molecule has 0 atom stereocenters. The molecule has 0 aliphatic rings. The first-order valence-corrected chi connectivity index (χ1v) is 8.44. The van der Waals surface area contributed by atoms with Gasteiger partial charge in [-0.25, -0.2) is 12.8 Å². The lowest BCUT2D eigenvalue weighted by Gasteiger charge is -2.07. The number of sulfone groups is 1. The summed E-state index contributed by atoms with van der Waals surface area (Å²) in [4.78, 5) is 11.8. The van der Waals surface area contributed by atoms with Gasteiger partial charge < -0.3 is 5.32 Å². The normalized spacial score (nSPS) is 11.2. The molecular formula is C15H13ClFNO3S. The zero-order chi connectivity index (χ0) is 16.2. The number of para-hydroxylation sites is 1. The van der Waals surface area contributed by atoms with Crippen LogP contribution in [0.2, 0.25) is 5.02 Å². The number of hydrogen-bond acceptors (Lipinski definition) is 3. The van der Waals surface area contributed by atoms with Crippen molar-refractivity contribution in [3.8, 4) is 0 Å². The van der Waals surface area contributed by atoms with Gasteiger partial charge in [0.2, 0.25) is 5.91 Å². The Balaban J connectivity index is 1.98. The van der Waals surface area contributed by atoms with E-state index in [9.17, 15) is 17.6 Å². The fourth-order valence-electron chi connectivity index (χ4n) is 1.76. The Hall–Kier alpha value is -1.92. The lowest BCUT2D eigenvalue weighted by atomic mass is 10.3. The molecule has 2 aromatic rings. The summed E-state index contributed by atoms with van der Waals surface area (Å²) in [6, 6.07) is 11.4. The van der Waals surface area contributed by atoms with E-state index in [0.29, 0.717) is 5.02 Å². The van der Waals surface area contributed by atoms with Crippen molar-refractivity contribution in [2.45, 2.75) is 11.3 Å². The highest BCUT2D eigenvalue weighted by Crippen LogP contribution is 2.17. The molecule has 1 amide bonds. The van der Waals surface area contributed by atoms with Crippen LogP contribution in [0.1, 0.15) is 6.42 Å². The van der Waals surface area contributed by atoms with Gasteiger partial charge in [-0.2, -0.15) is 0 Å². The molecule has 0 saturated heterocycles. The van der Waals surface area contributed by atoms with Crippen LogP contribution in [0, 0.1) is 5.82 Å². The van der Waals surface area contributed by atoms with Crippen molar-refractivity contribution in [1.82, 2.24) is 0 Å². The molecule has 0 fully saturated rings. The van der Waals surface area contributed by atoms with E-state index in [1.807, 2.05) is 0 Å². The molecule has 1 N–H and O–H groups in total. The van der Waals surface area contributed by atoms with Gasteiger partial charge in [0.1, 0.15) is 5.82 Å². The third-order valence-electron chi connectivity index (χ3n) is 2.92. The molecule has 116 valence electrons. The smallest absolute Gasteiger partial charge is 0.225 e. The van der Waals surface area contributed by atoms with Gasteiger partial charge in [-0.15, -0.1) is 0 Å². The van der Waals surface area contributed by atoms with Crippen LogP contribution in [0.4, 0.5) is 10.1 Å². The van der Waals surface area contributed by atoms with Gasteiger partial charge in [0.25, 0.3) is 0 Å². The third kappa shape index (κ3) is 4.29. The zero-order valence-corrected chi connectivity index (χ0v) is 13.0. The summed E-state index contributed by atoms with van der Waals surface area (Å²) in [5, 5.41) is 2.77. The summed E-state index contributed by atoms with van der Waals surface area (Å²) in [6.45, 7) is 0. The van der Waals surface area contributed by atoms with Gasteiger partial charge in [0.05, 0.1) is 16.3 Å². The van der Waals surface area contributed by atoms with Crippen molar-refractivity contribution in [2.24, 2.45) is 0 Å². The average molecular weight is 342 g/mol. The van der Waals surface area contributed by atoms with Crippen LogP contribution >= 0.6 is 11.6 Å². The highest BCUT2D eigenvalue weighted by atomic mass is 35.5. The van der Waals surface area contributed by atoms with Crippen molar-refractivity contribution in [3.05, 3.63) is 59.4 Å². The minimum Gasteiger partial charge on any atom is -0.324 e. The van der Waals surface area contributed by atoms with Gasteiger partial charge in [-0.3, -0.25) is 4.79 Å². The van der Waals surface area contributed by atoms with Crippen LogP contribution in [0.3, 0.4) is 0 Å². The fourth-order valence-corrected chi connectivity index (χ4v) is 3.13. The van der Waals surface area contributed by atoms with Crippen LogP contribution in [-0.2, 0) is 14.6 Å². The Morgan fingerprint density at radius 1 is 1.09 bits per heavy atom. The summed E-state index contributed by atoms with van der Waals surface area (Å²) in [7, 11) is -3.59. The lowest BCUT2D eigenvalue weighted by Crippen LogP contribution is -2.18. The molecule has 0 unspecified atom stereocenters. The molecule has 0 aromatic heterocycles. The quantitative estimate of drug-likeness (QED) is 0.907. The Morgan fingerprint density at radius 3 is 2.36 bits per heavy atom. The summed E-state index contributed by atoms with van der Waals surface area (Å²) in [5.74, 6) is -1.51. The molecule has 0 bridgehead atoms. The Bertz CT molecular complexity index is 776. The third-order valence-corrected chi connectivity index (χ3v) is 4.90. The van der Waals surface area contributed by atoms with Crippen LogP contribution in [0.25, 0.3) is 0 Å². The summed E-state index contributed by atoms with van der Waals surface area (Å²) in [5.41, 5.74) is 0.0244.